The average Bonchev–Trinajstić information content (AvgIpc) is 2.89. The van der Waals surface area contributed by atoms with Crippen LogP contribution in [0.4, 0.5) is 0 Å². The van der Waals surface area contributed by atoms with Crippen LogP contribution in [0.3, 0.4) is 0 Å². The standard InChI is InChI=1S/C16H20N2O4/c1-5-6-10-7-15(22-4)11(8-14(10)21-3)13-9-12(16(19)20)17-18(13)2/h7-9H,5-6H2,1-4H3,(H,19,20). The number of hydrogen-bond acceptors (Lipinski definition) is 4. The Morgan fingerprint density at radius 2 is 1.91 bits per heavy atom. The summed E-state index contributed by atoms with van der Waals surface area (Å²) in [7, 11) is 4.92. The Labute approximate surface area is 129 Å². The van der Waals surface area contributed by atoms with E-state index in [0.29, 0.717) is 11.4 Å². The SMILES string of the molecule is CCCc1cc(OC)c(-c2cc(C(=O)O)nn2C)cc1OC. The van der Waals surface area contributed by atoms with Crippen molar-refractivity contribution in [3.05, 3.63) is 29.5 Å². The predicted octanol–water partition coefficient (Wildman–Crippen LogP) is 2.76. The molecule has 0 aliphatic carbocycles. The highest BCUT2D eigenvalue weighted by atomic mass is 16.5. The van der Waals surface area contributed by atoms with Crippen molar-refractivity contribution in [2.75, 3.05) is 14.2 Å². The van der Waals surface area contributed by atoms with Crippen molar-refractivity contribution in [1.82, 2.24) is 9.78 Å². The smallest absolute Gasteiger partial charge is 0.356 e. The van der Waals surface area contributed by atoms with Crippen LogP contribution in [0.2, 0.25) is 0 Å². The van der Waals surface area contributed by atoms with E-state index in [4.69, 9.17) is 14.6 Å². The van der Waals surface area contributed by atoms with Crippen LogP contribution < -0.4 is 9.47 Å². The van der Waals surface area contributed by atoms with Gasteiger partial charge >= 0.3 is 5.97 Å². The fourth-order valence-electron chi connectivity index (χ4n) is 2.45. The Kier molecular flexibility index (Phi) is 4.70. The highest BCUT2D eigenvalue weighted by Gasteiger charge is 2.18. The lowest BCUT2D eigenvalue weighted by molar-refractivity contribution is 0.0689. The molecule has 6 heteroatoms. The molecule has 0 fully saturated rings. The van der Waals surface area contributed by atoms with Gasteiger partial charge in [-0.15, -0.1) is 0 Å². The first-order chi connectivity index (χ1) is 10.5. The van der Waals surface area contributed by atoms with Gasteiger partial charge < -0.3 is 14.6 Å². The Morgan fingerprint density at radius 3 is 2.41 bits per heavy atom. The summed E-state index contributed by atoms with van der Waals surface area (Å²) in [5.41, 5.74) is 2.47. The molecular formula is C16H20N2O4. The van der Waals surface area contributed by atoms with Crippen molar-refractivity contribution >= 4 is 5.97 Å². The summed E-state index contributed by atoms with van der Waals surface area (Å²) in [5.74, 6) is 0.371. The monoisotopic (exact) mass is 304 g/mol. The van der Waals surface area contributed by atoms with Crippen molar-refractivity contribution < 1.29 is 19.4 Å². The number of carbonyl (C=O) groups is 1. The molecule has 0 amide bonds. The minimum atomic E-state index is -1.06. The third-order valence-corrected chi connectivity index (χ3v) is 3.50. The molecule has 0 aliphatic rings. The third-order valence-electron chi connectivity index (χ3n) is 3.50. The molecule has 0 radical (unpaired) electrons. The van der Waals surface area contributed by atoms with Gasteiger partial charge in [-0.1, -0.05) is 13.3 Å². The summed E-state index contributed by atoms with van der Waals surface area (Å²) in [6, 6.07) is 5.33. The largest absolute Gasteiger partial charge is 0.496 e. The quantitative estimate of drug-likeness (QED) is 0.888. The summed E-state index contributed by atoms with van der Waals surface area (Å²) >= 11 is 0. The van der Waals surface area contributed by atoms with E-state index in [-0.39, 0.29) is 5.69 Å². The van der Waals surface area contributed by atoms with E-state index in [1.165, 1.54) is 10.7 Å². The molecule has 22 heavy (non-hydrogen) atoms. The zero-order valence-corrected chi connectivity index (χ0v) is 13.2. The zero-order chi connectivity index (χ0) is 16.3. The fourth-order valence-corrected chi connectivity index (χ4v) is 2.45. The van der Waals surface area contributed by atoms with Crippen molar-refractivity contribution in [1.29, 1.82) is 0 Å². The molecule has 0 spiro atoms. The van der Waals surface area contributed by atoms with Crippen LogP contribution in [-0.2, 0) is 13.5 Å². The number of nitrogens with zero attached hydrogens (tertiary/aromatic N) is 2. The van der Waals surface area contributed by atoms with Gasteiger partial charge in [0.2, 0.25) is 0 Å². The minimum Gasteiger partial charge on any atom is -0.496 e. The third kappa shape index (κ3) is 2.90. The van der Waals surface area contributed by atoms with Crippen molar-refractivity contribution in [2.24, 2.45) is 7.05 Å². The summed E-state index contributed by atoms with van der Waals surface area (Å²) in [6.45, 7) is 2.10. The number of aromatic carboxylic acids is 1. The van der Waals surface area contributed by atoms with Crippen LogP contribution in [0.15, 0.2) is 18.2 Å². The fraction of sp³-hybridized carbons (Fsp3) is 0.375. The molecule has 2 rings (SSSR count). The molecule has 2 aromatic rings. The molecule has 1 N–H and O–H groups in total. The molecule has 6 nitrogen and oxygen atoms in total. The molecule has 0 saturated heterocycles. The van der Waals surface area contributed by atoms with E-state index < -0.39 is 5.97 Å². The van der Waals surface area contributed by atoms with Crippen molar-refractivity contribution in [3.8, 4) is 22.8 Å². The number of carboxylic acid groups (broad SMARTS) is 1. The normalized spacial score (nSPS) is 10.5. The minimum absolute atomic E-state index is 0.00356. The van der Waals surface area contributed by atoms with Gasteiger partial charge in [-0.05, 0) is 30.2 Å². The number of rotatable bonds is 6. The van der Waals surface area contributed by atoms with Gasteiger partial charge in [0.05, 0.1) is 19.9 Å². The Morgan fingerprint density at radius 1 is 1.23 bits per heavy atom. The lowest BCUT2D eigenvalue weighted by atomic mass is 10.0. The highest BCUT2D eigenvalue weighted by Crippen LogP contribution is 2.36. The molecule has 1 aromatic carbocycles. The van der Waals surface area contributed by atoms with Gasteiger partial charge in [0, 0.05) is 12.6 Å². The van der Waals surface area contributed by atoms with E-state index in [1.807, 2.05) is 12.1 Å². The molecular weight excluding hydrogens is 284 g/mol. The topological polar surface area (TPSA) is 73.6 Å². The Bertz CT molecular complexity index is 692. The second-order valence-electron chi connectivity index (χ2n) is 4.96. The number of carboxylic acids is 1. The molecule has 0 atom stereocenters. The maximum absolute atomic E-state index is 11.1. The number of ether oxygens (including phenoxy) is 2. The molecule has 1 heterocycles. The van der Waals surface area contributed by atoms with E-state index in [2.05, 4.69) is 12.0 Å². The maximum Gasteiger partial charge on any atom is 0.356 e. The number of aromatic nitrogens is 2. The van der Waals surface area contributed by atoms with Crippen molar-refractivity contribution in [3.63, 3.8) is 0 Å². The second-order valence-corrected chi connectivity index (χ2v) is 4.96. The molecule has 1 aromatic heterocycles. The maximum atomic E-state index is 11.1. The first-order valence-electron chi connectivity index (χ1n) is 7.04. The first kappa shape index (κ1) is 15.9. The molecule has 0 aliphatic heterocycles. The van der Waals surface area contributed by atoms with Gasteiger partial charge in [0.1, 0.15) is 11.5 Å². The van der Waals surface area contributed by atoms with Gasteiger partial charge in [-0.3, -0.25) is 4.68 Å². The average molecular weight is 304 g/mol. The van der Waals surface area contributed by atoms with Gasteiger partial charge in [0.15, 0.2) is 5.69 Å². The Balaban J connectivity index is 2.61. The molecule has 118 valence electrons. The van der Waals surface area contributed by atoms with E-state index >= 15 is 0 Å². The van der Waals surface area contributed by atoms with Gasteiger partial charge in [0.25, 0.3) is 0 Å². The van der Waals surface area contributed by atoms with Crippen LogP contribution >= 0.6 is 0 Å². The molecule has 0 saturated carbocycles. The second kappa shape index (κ2) is 6.51. The molecule has 0 unspecified atom stereocenters. The van der Waals surface area contributed by atoms with Crippen LogP contribution in [0.5, 0.6) is 11.5 Å². The van der Waals surface area contributed by atoms with Gasteiger partial charge in [-0.25, -0.2) is 4.79 Å². The van der Waals surface area contributed by atoms with Crippen LogP contribution in [0.25, 0.3) is 11.3 Å². The van der Waals surface area contributed by atoms with E-state index in [9.17, 15) is 4.79 Å². The van der Waals surface area contributed by atoms with E-state index in [1.54, 1.807) is 21.3 Å². The number of hydrogen-bond donors (Lipinski definition) is 1. The summed E-state index contributed by atoms with van der Waals surface area (Å²) in [5, 5.41) is 13.1. The van der Waals surface area contributed by atoms with Crippen molar-refractivity contribution in [2.45, 2.75) is 19.8 Å². The summed E-state index contributed by atoms with van der Waals surface area (Å²) in [6.07, 6.45) is 1.87. The zero-order valence-electron chi connectivity index (χ0n) is 13.2. The Hall–Kier alpha value is -2.50. The lowest BCUT2D eigenvalue weighted by Crippen LogP contribution is -2.00. The van der Waals surface area contributed by atoms with Crippen LogP contribution in [0, 0.1) is 0 Å². The number of benzene rings is 1. The summed E-state index contributed by atoms with van der Waals surface area (Å²) in [4.78, 5) is 11.1. The van der Waals surface area contributed by atoms with Crippen LogP contribution in [-0.4, -0.2) is 35.1 Å². The number of aryl methyl sites for hydroxylation is 2. The highest BCUT2D eigenvalue weighted by molar-refractivity contribution is 5.87. The number of methoxy groups -OCH3 is 2. The van der Waals surface area contributed by atoms with Gasteiger partial charge in [-0.2, -0.15) is 5.10 Å². The summed E-state index contributed by atoms with van der Waals surface area (Å²) < 4.78 is 12.4. The predicted molar refractivity (Wildman–Crippen MR) is 82.7 cm³/mol. The lowest BCUT2D eigenvalue weighted by Gasteiger charge is -2.14. The van der Waals surface area contributed by atoms with E-state index in [0.717, 1.165) is 29.7 Å². The molecule has 0 bridgehead atoms. The first-order valence-corrected chi connectivity index (χ1v) is 7.04. The van der Waals surface area contributed by atoms with Crippen LogP contribution in [0.1, 0.15) is 29.4 Å².